The van der Waals surface area contributed by atoms with Gasteiger partial charge in [0.25, 0.3) is 0 Å². The second-order valence-corrected chi connectivity index (χ2v) is 16.7. The van der Waals surface area contributed by atoms with Crippen LogP contribution in [0.15, 0.2) is 55.4 Å². The van der Waals surface area contributed by atoms with Crippen molar-refractivity contribution in [2.45, 2.75) is 107 Å². The van der Waals surface area contributed by atoms with Crippen molar-refractivity contribution in [3.05, 3.63) is 72.3 Å². The summed E-state index contributed by atoms with van der Waals surface area (Å²) in [5.74, 6) is -8.04. The van der Waals surface area contributed by atoms with Crippen LogP contribution in [0.3, 0.4) is 0 Å². The zero-order valence-electron chi connectivity index (χ0n) is 37.6. The van der Waals surface area contributed by atoms with E-state index in [2.05, 4.69) is 57.2 Å². The highest BCUT2D eigenvalue weighted by Crippen LogP contribution is 2.10. The Bertz CT molecular complexity index is 2100. The Kier molecular flexibility index (Phi) is 24.0. The summed E-state index contributed by atoms with van der Waals surface area (Å²) in [6.45, 7) is 0.367. The number of carbonyl (C=O) groups is 8. The molecule has 6 amide bonds. The molecule has 2 aromatic heterocycles. The maximum absolute atomic E-state index is 14.1. The summed E-state index contributed by atoms with van der Waals surface area (Å²) < 4.78 is 0. The fourth-order valence-corrected chi connectivity index (χ4v) is 7.14. The molecule has 7 atom stereocenters. The lowest BCUT2D eigenvalue weighted by molar-refractivity contribution is -0.142. The number of carboxylic acids is 2. The van der Waals surface area contributed by atoms with Crippen molar-refractivity contribution in [3.63, 3.8) is 0 Å². The summed E-state index contributed by atoms with van der Waals surface area (Å²) in [4.78, 5) is 121. The molecule has 3 aromatic rings. The topological polar surface area (TPSA) is 420 Å². The SMILES string of the molecule is CSCC[C@H](N)C(=O)N[C@@H](Cc1c[nH]cn1)C(=O)N[C@@H](Cc1c[nH]cn1)C(=O)N[C@@H](CC(=O)O)C(=O)N[C@@H](CCCNC(=N)N)C(=O)N[C@@H](Cc1ccccc1)C(=O)N[C@@H](CCCCN)C(=O)O. The van der Waals surface area contributed by atoms with Gasteiger partial charge in [0.1, 0.15) is 36.3 Å². The molecule has 0 unspecified atom stereocenters. The van der Waals surface area contributed by atoms with Crippen molar-refractivity contribution >= 4 is 65.1 Å². The first-order valence-electron chi connectivity index (χ1n) is 21.8. The van der Waals surface area contributed by atoms with Crippen LogP contribution in [0.1, 0.15) is 61.9 Å². The van der Waals surface area contributed by atoms with Gasteiger partial charge in [-0.2, -0.15) is 11.8 Å². The maximum Gasteiger partial charge on any atom is 0.326 e. The Morgan fingerprint density at radius 3 is 1.65 bits per heavy atom. The molecule has 0 aliphatic carbocycles. The molecule has 0 fully saturated rings. The van der Waals surface area contributed by atoms with Crippen molar-refractivity contribution in [3.8, 4) is 0 Å². The van der Waals surface area contributed by atoms with Crippen molar-refractivity contribution in [1.29, 1.82) is 5.41 Å². The van der Waals surface area contributed by atoms with Crippen LogP contribution in [0, 0.1) is 5.41 Å². The first kappa shape index (κ1) is 55.3. The number of amides is 6. The molecular formula is C42H63N15O10S. The number of imidazole rings is 2. The Labute approximate surface area is 396 Å². The number of nitrogens with two attached hydrogens (primary N) is 3. The molecule has 0 radical (unpaired) electrons. The molecule has 0 aliphatic heterocycles. The van der Waals surface area contributed by atoms with Gasteiger partial charge >= 0.3 is 11.9 Å². The summed E-state index contributed by atoms with van der Waals surface area (Å²) in [5.41, 5.74) is 18.3. The molecule has 3 rings (SSSR count). The molecule has 26 heteroatoms. The lowest BCUT2D eigenvalue weighted by atomic mass is 10.0. The summed E-state index contributed by atoms with van der Waals surface area (Å²) in [6.07, 6.45) is 7.23. The van der Waals surface area contributed by atoms with Crippen LogP contribution >= 0.6 is 11.8 Å². The van der Waals surface area contributed by atoms with E-state index in [1.165, 1.54) is 36.8 Å². The molecule has 0 bridgehead atoms. The number of carbonyl (C=O) groups excluding carboxylic acids is 6. The number of nitrogens with zero attached hydrogens (tertiary/aromatic N) is 2. The lowest BCUT2D eigenvalue weighted by Crippen LogP contribution is -2.60. The van der Waals surface area contributed by atoms with E-state index in [0.29, 0.717) is 42.8 Å². The number of rotatable bonds is 32. The second kappa shape index (κ2) is 29.6. The largest absolute Gasteiger partial charge is 0.481 e. The third kappa shape index (κ3) is 20.2. The molecular weight excluding hydrogens is 907 g/mol. The summed E-state index contributed by atoms with van der Waals surface area (Å²) in [5, 5.41) is 45.0. The minimum Gasteiger partial charge on any atom is -0.481 e. The number of unbranched alkanes of at least 4 members (excludes halogenated alkanes) is 1. The Morgan fingerprint density at radius 1 is 0.662 bits per heavy atom. The predicted octanol–water partition coefficient (Wildman–Crippen LogP) is -2.90. The zero-order chi connectivity index (χ0) is 50.0. The summed E-state index contributed by atoms with van der Waals surface area (Å²) >= 11 is 1.48. The predicted molar refractivity (Wildman–Crippen MR) is 249 cm³/mol. The fourth-order valence-electron chi connectivity index (χ4n) is 6.65. The van der Waals surface area contributed by atoms with Gasteiger partial charge in [-0.15, -0.1) is 0 Å². The number of H-pyrrole nitrogens is 2. The number of aromatic amines is 2. The summed E-state index contributed by atoms with van der Waals surface area (Å²) in [6, 6.07) is -1.29. The van der Waals surface area contributed by atoms with Gasteiger partial charge in [0.05, 0.1) is 36.5 Å². The first-order valence-corrected chi connectivity index (χ1v) is 23.2. The molecule has 0 saturated heterocycles. The first-order chi connectivity index (χ1) is 32.5. The highest BCUT2D eigenvalue weighted by atomic mass is 32.2. The number of benzene rings is 1. The minimum absolute atomic E-state index is 0.0568. The third-order valence-electron chi connectivity index (χ3n) is 10.3. The van der Waals surface area contributed by atoms with Gasteiger partial charge in [-0.1, -0.05) is 30.3 Å². The number of thioether (sulfide) groups is 1. The van der Waals surface area contributed by atoms with E-state index in [0.717, 1.165) is 0 Å². The van der Waals surface area contributed by atoms with E-state index in [9.17, 15) is 48.6 Å². The maximum atomic E-state index is 14.1. The molecule has 68 heavy (non-hydrogen) atoms. The molecule has 25 nitrogen and oxygen atoms in total. The number of aromatic nitrogens is 4. The zero-order valence-corrected chi connectivity index (χ0v) is 38.4. The number of carboxylic acid groups (broad SMARTS) is 2. The van der Waals surface area contributed by atoms with Gasteiger partial charge in [0, 0.05) is 38.2 Å². The van der Waals surface area contributed by atoms with Crippen LogP contribution < -0.4 is 54.4 Å². The normalized spacial score (nSPS) is 14.0. The highest BCUT2D eigenvalue weighted by Gasteiger charge is 2.35. The van der Waals surface area contributed by atoms with E-state index in [1.807, 2.05) is 6.26 Å². The minimum atomic E-state index is -1.86. The van der Waals surface area contributed by atoms with Crippen LogP contribution in [0.4, 0.5) is 0 Å². The van der Waals surface area contributed by atoms with Gasteiger partial charge < -0.3 is 74.6 Å². The number of hydrogen-bond acceptors (Lipinski definition) is 14. The molecule has 0 aliphatic rings. The van der Waals surface area contributed by atoms with Crippen LogP contribution in [0.5, 0.6) is 0 Å². The van der Waals surface area contributed by atoms with Crippen LogP contribution in [-0.4, -0.2) is 151 Å². The molecule has 0 spiro atoms. The van der Waals surface area contributed by atoms with Gasteiger partial charge in [0.15, 0.2) is 5.96 Å². The van der Waals surface area contributed by atoms with Gasteiger partial charge in [-0.05, 0) is 62.6 Å². The lowest BCUT2D eigenvalue weighted by Gasteiger charge is -2.27. The Hall–Kier alpha value is -7.06. The average molecular weight is 970 g/mol. The molecule has 372 valence electrons. The van der Waals surface area contributed by atoms with E-state index < -0.39 is 96.1 Å². The number of hydrogen-bond donors (Lipinski definition) is 15. The van der Waals surface area contributed by atoms with Crippen molar-refractivity contribution < 1.29 is 48.6 Å². The van der Waals surface area contributed by atoms with Gasteiger partial charge in [-0.3, -0.25) is 39.0 Å². The summed E-state index contributed by atoms with van der Waals surface area (Å²) in [7, 11) is 0. The molecule has 0 saturated carbocycles. The fraction of sp³-hybridized carbons (Fsp3) is 0.500. The van der Waals surface area contributed by atoms with Crippen molar-refractivity contribution in [2.75, 3.05) is 25.1 Å². The number of nitrogens with one attached hydrogen (secondary N) is 10. The Balaban J connectivity index is 1.92. The van der Waals surface area contributed by atoms with Gasteiger partial charge in [0.2, 0.25) is 35.4 Å². The Morgan fingerprint density at radius 2 is 1.15 bits per heavy atom. The number of guanidine groups is 1. The van der Waals surface area contributed by atoms with E-state index in [4.69, 9.17) is 22.6 Å². The van der Waals surface area contributed by atoms with Crippen molar-refractivity contribution in [1.82, 2.24) is 57.2 Å². The van der Waals surface area contributed by atoms with Crippen LogP contribution in [0.25, 0.3) is 0 Å². The highest BCUT2D eigenvalue weighted by molar-refractivity contribution is 7.98. The standard InChI is InChI=1S/C42H63N15O10S/c1-68-15-12-27(44)35(60)54-31(17-25-20-47-22-50-25)38(63)56-32(18-26-21-48-23-51-26)39(64)57-33(19-34(58)59)40(65)52-28(11-7-14-49-42(45)46)36(61)55-30(16-24-8-3-2-4-9-24)37(62)53-29(41(66)67)10-5-6-13-43/h2-4,8-9,20-23,27-33H,5-7,10-19,43-44H2,1H3,(H,47,50)(H,48,51)(H,52,65)(H,53,62)(H,54,60)(H,55,61)(H,56,63)(H,57,64)(H,58,59)(H,66,67)(H4,45,46,49)/t27-,28-,29-,30-,31-,32-,33-/m0/s1. The van der Waals surface area contributed by atoms with E-state index >= 15 is 0 Å². The van der Waals surface area contributed by atoms with Gasteiger partial charge in [-0.25, -0.2) is 14.8 Å². The van der Waals surface area contributed by atoms with Crippen molar-refractivity contribution in [2.24, 2.45) is 17.2 Å². The monoisotopic (exact) mass is 969 g/mol. The van der Waals surface area contributed by atoms with E-state index in [1.54, 1.807) is 30.3 Å². The quantitative estimate of drug-likeness (QED) is 0.0170. The smallest absolute Gasteiger partial charge is 0.326 e. The molecule has 2 heterocycles. The average Bonchev–Trinajstić information content (AvgIpc) is 4.03. The van der Waals surface area contributed by atoms with E-state index in [-0.39, 0.29) is 56.7 Å². The molecule has 18 N–H and O–H groups in total. The molecule has 1 aromatic carbocycles. The number of aliphatic carboxylic acids is 2. The van der Waals surface area contributed by atoms with Crippen LogP contribution in [0.2, 0.25) is 0 Å². The van der Waals surface area contributed by atoms with Crippen LogP contribution in [-0.2, 0) is 57.6 Å². The third-order valence-corrected chi connectivity index (χ3v) is 10.9. The second-order valence-electron chi connectivity index (χ2n) is 15.7.